The maximum Gasteiger partial charge on any atom is 0.218 e. The van der Waals surface area contributed by atoms with Gasteiger partial charge in [-0.05, 0) is 32.7 Å². The molecule has 1 atom stereocenters. The average Bonchev–Trinajstić information content (AvgIpc) is 2.31. The van der Waals surface area contributed by atoms with Gasteiger partial charge in [0.2, 0.25) is 10.0 Å². The highest BCUT2D eigenvalue weighted by Crippen LogP contribution is 2.20. The second-order valence-electron chi connectivity index (χ2n) is 4.67. The van der Waals surface area contributed by atoms with Crippen molar-refractivity contribution in [2.24, 2.45) is 0 Å². The fraction of sp³-hybridized carbons (Fsp3) is 0.818. The van der Waals surface area contributed by atoms with Gasteiger partial charge in [0, 0.05) is 19.6 Å². The van der Waals surface area contributed by atoms with Gasteiger partial charge in [-0.3, -0.25) is 0 Å². The number of nitrogens with zero attached hydrogens (tertiary/aromatic N) is 1. The molecule has 0 saturated carbocycles. The highest BCUT2D eigenvalue weighted by Gasteiger charge is 2.33. The van der Waals surface area contributed by atoms with E-state index in [-0.39, 0.29) is 5.25 Å². The lowest BCUT2D eigenvalue weighted by molar-refractivity contribution is 0.406. The van der Waals surface area contributed by atoms with E-state index >= 15 is 0 Å². The van der Waals surface area contributed by atoms with Gasteiger partial charge in [-0.15, -0.1) is 0 Å². The third-order valence-electron chi connectivity index (χ3n) is 3.43. The monoisotopic (exact) mass is 244 g/mol. The van der Waals surface area contributed by atoms with Crippen molar-refractivity contribution in [1.29, 1.82) is 0 Å². The predicted octanol–water partition coefficient (Wildman–Crippen LogP) is 0.720. The Morgan fingerprint density at radius 1 is 1.50 bits per heavy atom. The SMILES string of the molecule is CC1=CCN(S(=O)(=O)C2CCCNC2)CC1. The Balaban J connectivity index is 2.06. The van der Waals surface area contributed by atoms with Crippen LogP contribution in [0.5, 0.6) is 0 Å². The normalized spacial score (nSPS) is 28.8. The molecule has 5 heteroatoms. The third-order valence-corrected chi connectivity index (χ3v) is 5.73. The standard InChI is InChI=1S/C11H20N2O2S/c1-10-4-7-13(8-5-10)16(14,15)11-3-2-6-12-9-11/h4,11-12H,2-3,5-9H2,1H3. The molecular weight excluding hydrogens is 224 g/mol. The van der Waals surface area contributed by atoms with Crippen molar-refractivity contribution in [3.05, 3.63) is 11.6 Å². The Hall–Kier alpha value is -0.390. The summed E-state index contributed by atoms with van der Waals surface area (Å²) in [4.78, 5) is 0. The summed E-state index contributed by atoms with van der Waals surface area (Å²) in [6, 6.07) is 0. The van der Waals surface area contributed by atoms with E-state index in [2.05, 4.69) is 12.2 Å². The highest BCUT2D eigenvalue weighted by molar-refractivity contribution is 7.89. The van der Waals surface area contributed by atoms with E-state index < -0.39 is 10.0 Å². The topological polar surface area (TPSA) is 49.4 Å². The molecule has 2 heterocycles. The van der Waals surface area contributed by atoms with Crippen LogP contribution in [0.3, 0.4) is 0 Å². The van der Waals surface area contributed by atoms with Gasteiger partial charge in [-0.1, -0.05) is 11.6 Å². The average molecular weight is 244 g/mol. The van der Waals surface area contributed by atoms with Crippen molar-refractivity contribution in [1.82, 2.24) is 9.62 Å². The first kappa shape index (κ1) is 12.1. The van der Waals surface area contributed by atoms with E-state index in [9.17, 15) is 8.42 Å². The summed E-state index contributed by atoms with van der Waals surface area (Å²) < 4.78 is 26.2. The first-order valence-corrected chi connectivity index (χ1v) is 7.46. The summed E-state index contributed by atoms with van der Waals surface area (Å²) >= 11 is 0. The van der Waals surface area contributed by atoms with Crippen molar-refractivity contribution < 1.29 is 8.42 Å². The van der Waals surface area contributed by atoms with Gasteiger partial charge in [0.1, 0.15) is 0 Å². The summed E-state index contributed by atoms with van der Waals surface area (Å²) in [6.45, 7) is 4.84. The molecule has 2 aliphatic rings. The number of piperidine rings is 1. The molecule has 0 spiro atoms. The molecule has 0 bridgehead atoms. The second-order valence-corrected chi connectivity index (χ2v) is 6.88. The fourth-order valence-electron chi connectivity index (χ4n) is 2.27. The van der Waals surface area contributed by atoms with Crippen molar-refractivity contribution in [2.75, 3.05) is 26.2 Å². The molecule has 1 unspecified atom stereocenters. The van der Waals surface area contributed by atoms with Crippen molar-refractivity contribution in [3.8, 4) is 0 Å². The van der Waals surface area contributed by atoms with E-state index in [1.54, 1.807) is 4.31 Å². The Labute approximate surface area is 97.8 Å². The molecule has 0 amide bonds. The molecule has 1 N–H and O–H groups in total. The molecule has 2 aliphatic heterocycles. The van der Waals surface area contributed by atoms with Gasteiger partial charge in [0.15, 0.2) is 0 Å². The molecule has 0 aromatic heterocycles. The molecular formula is C11H20N2O2S. The van der Waals surface area contributed by atoms with Gasteiger partial charge in [-0.2, -0.15) is 4.31 Å². The van der Waals surface area contributed by atoms with Crippen LogP contribution in [-0.4, -0.2) is 44.2 Å². The van der Waals surface area contributed by atoms with E-state index in [1.165, 1.54) is 5.57 Å². The Morgan fingerprint density at radius 3 is 2.88 bits per heavy atom. The lowest BCUT2D eigenvalue weighted by atomic mass is 10.1. The van der Waals surface area contributed by atoms with E-state index in [4.69, 9.17) is 0 Å². The van der Waals surface area contributed by atoms with Gasteiger partial charge in [0.25, 0.3) is 0 Å². The summed E-state index contributed by atoms with van der Waals surface area (Å²) in [5.74, 6) is 0. The predicted molar refractivity (Wildman–Crippen MR) is 64.8 cm³/mol. The van der Waals surface area contributed by atoms with Crippen LogP contribution in [0.2, 0.25) is 0 Å². The maximum atomic E-state index is 12.3. The summed E-state index contributed by atoms with van der Waals surface area (Å²) in [5, 5.41) is 2.95. The van der Waals surface area contributed by atoms with Crippen LogP contribution in [0.1, 0.15) is 26.2 Å². The zero-order chi connectivity index (χ0) is 11.6. The number of rotatable bonds is 2. The minimum Gasteiger partial charge on any atom is -0.315 e. The molecule has 16 heavy (non-hydrogen) atoms. The first-order chi connectivity index (χ1) is 7.60. The van der Waals surface area contributed by atoms with Crippen LogP contribution in [0, 0.1) is 0 Å². The number of hydrogen-bond acceptors (Lipinski definition) is 3. The molecule has 4 nitrogen and oxygen atoms in total. The van der Waals surface area contributed by atoms with Crippen molar-refractivity contribution >= 4 is 10.0 Å². The van der Waals surface area contributed by atoms with Crippen LogP contribution in [-0.2, 0) is 10.0 Å². The number of nitrogens with one attached hydrogen (secondary N) is 1. The lowest BCUT2D eigenvalue weighted by Gasteiger charge is -2.31. The van der Waals surface area contributed by atoms with Crippen LogP contribution < -0.4 is 5.32 Å². The molecule has 0 radical (unpaired) electrons. The van der Waals surface area contributed by atoms with Crippen LogP contribution in [0.4, 0.5) is 0 Å². The molecule has 92 valence electrons. The lowest BCUT2D eigenvalue weighted by Crippen LogP contribution is -2.47. The third kappa shape index (κ3) is 2.47. The second kappa shape index (κ2) is 4.85. The van der Waals surface area contributed by atoms with E-state index in [1.807, 2.05) is 6.08 Å². The minimum absolute atomic E-state index is 0.215. The van der Waals surface area contributed by atoms with Gasteiger partial charge < -0.3 is 5.32 Å². The molecule has 0 aliphatic carbocycles. The molecule has 1 saturated heterocycles. The van der Waals surface area contributed by atoms with Crippen LogP contribution in [0.25, 0.3) is 0 Å². The molecule has 0 aromatic rings. The first-order valence-electron chi connectivity index (χ1n) is 5.96. The van der Waals surface area contributed by atoms with Gasteiger partial charge in [-0.25, -0.2) is 8.42 Å². The Morgan fingerprint density at radius 2 is 2.31 bits per heavy atom. The zero-order valence-corrected chi connectivity index (χ0v) is 10.6. The molecule has 1 fully saturated rings. The smallest absolute Gasteiger partial charge is 0.218 e. The molecule has 2 rings (SSSR count). The maximum absolute atomic E-state index is 12.3. The van der Waals surface area contributed by atoms with E-state index in [0.717, 1.165) is 25.8 Å². The van der Waals surface area contributed by atoms with Crippen LogP contribution >= 0.6 is 0 Å². The minimum atomic E-state index is -3.08. The Bertz CT molecular complexity index is 369. The van der Waals surface area contributed by atoms with Crippen molar-refractivity contribution in [2.45, 2.75) is 31.4 Å². The largest absolute Gasteiger partial charge is 0.315 e. The summed E-state index contributed by atoms with van der Waals surface area (Å²) in [5.41, 5.74) is 1.30. The zero-order valence-electron chi connectivity index (χ0n) is 9.78. The quantitative estimate of drug-likeness (QED) is 0.728. The fourth-order valence-corrected chi connectivity index (χ4v) is 4.11. The highest BCUT2D eigenvalue weighted by atomic mass is 32.2. The Kier molecular flexibility index (Phi) is 3.66. The number of sulfonamides is 1. The summed E-state index contributed by atoms with van der Waals surface area (Å²) in [7, 11) is -3.08. The van der Waals surface area contributed by atoms with Gasteiger partial charge >= 0.3 is 0 Å². The van der Waals surface area contributed by atoms with Crippen molar-refractivity contribution in [3.63, 3.8) is 0 Å². The number of hydrogen-bond donors (Lipinski definition) is 1. The van der Waals surface area contributed by atoms with Crippen LogP contribution in [0.15, 0.2) is 11.6 Å². The summed E-state index contributed by atoms with van der Waals surface area (Å²) in [6.07, 6.45) is 4.66. The molecule has 0 aromatic carbocycles. The van der Waals surface area contributed by atoms with E-state index in [0.29, 0.717) is 19.6 Å². The van der Waals surface area contributed by atoms with Gasteiger partial charge in [0.05, 0.1) is 5.25 Å².